The second-order valence-corrected chi connectivity index (χ2v) is 5.22. The summed E-state index contributed by atoms with van der Waals surface area (Å²) < 4.78 is 5.08. The molecule has 0 saturated carbocycles. The van der Waals surface area contributed by atoms with Gasteiger partial charge in [-0.05, 0) is 67.0 Å². The van der Waals surface area contributed by atoms with Crippen molar-refractivity contribution in [3.8, 4) is 0 Å². The monoisotopic (exact) mass is 290 g/mol. The van der Waals surface area contributed by atoms with Crippen molar-refractivity contribution in [2.45, 2.75) is 60.3 Å². The van der Waals surface area contributed by atoms with E-state index in [4.69, 9.17) is 4.74 Å². The Bertz CT molecular complexity index is 530. The van der Waals surface area contributed by atoms with Gasteiger partial charge in [0.15, 0.2) is 0 Å². The molecule has 0 spiro atoms. The molecule has 3 nitrogen and oxygen atoms in total. The molecule has 0 aliphatic heterocycles. The average Bonchev–Trinajstić information content (AvgIpc) is 2.46. The lowest BCUT2D eigenvalue weighted by Crippen LogP contribution is -2.15. The number of ether oxygens (including phenoxy) is 1. The van der Waals surface area contributed by atoms with Crippen LogP contribution >= 0.6 is 0 Å². The van der Waals surface area contributed by atoms with Gasteiger partial charge in [0.2, 0.25) is 0 Å². The molecule has 0 fully saturated rings. The molecule has 1 aromatic rings. The molecule has 0 saturated heterocycles. The quantitative estimate of drug-likeness (QED) is 0.572. The Balaban J connectivity index is 3.47. The fourth-order valence-electron chi connectivity index (χ4n) is 3.18. The zero-order chi connectivity index (χ0) is 16.0. The van der Waals surface area contributed by atoms with E-state index in [1.807, 2.05) is 0 Å². The highest BCUT2D eigenvalue weighted by Crippen LogP contribution is 2.29. The number of benzene rings is 1. The first-order valence-corrected chi connectivity index (χ1v) is 7.73. The van der Waals surface area contributed by atoms with Gasteiger partial charge in [-0.25, -0.2) is 0 Å². The SMILES string of the molecule is CCOC(=O)Cc1c(C)c(CC)c(CC)c(C)c1CC=O. The number of esters is 1. The van der Waals surface area contributed by atoms with E-state index in [-0.39, 0.29) is 12.4 Å². The summed E-state index contributed by atoms with van der Waals surface area (Å²) in [5.41, 5.74) is 6.91. The van der Waals surface area contributed by atoms with E-state index in [1.165, 1.54) is 11.1 Å². The van der Waals surface area contributed by atoms with Crippen molar-refractivity contribution in [3.05, 3.63) is 33.4 Å². The average molecular weight is 290 g/mol. The first-order chi connectivity index (χ1) is 10.0. The first kappa shape index (κ1) is 17.4. The van der Waals surface area contributed by atoms with Crippen LogP contribution in [0.2, 0.25) is 0 Å². The summed E-state index contributed by atoms with van der Waals surface area (Å²) in [6, 6.07) is 0. The van der Waals surface area contributed by atoms with Crippen molar-refractivity contribution in [1.82, 2.24) is 0 Å². The van der Waals surface area contributed by atoms with Crippen LogP contribution in [-0.2, 0) is 40.0 Å². The molecule has 1 aromatic carbocycles. The smallest absolute Gasteiger partial charge is 0.310 e. The second kappa shape index (κ2) is 7.96. The Labute approximate surface area is 127 Å². The summed E-state index contributed by atoms with van der Waals surface area (Å²) in [5, 5.41) is 0. The molecule has 116 valence electrons. The number of carbonyl (C=O) groups is 2. The van der Waals surface area contributed by atoms with Crippen LogP contribution in [0.15, 0.2) is 0 Å². The molecule has 0 unspecified atom stereocenters. The number of rotatable bonds is 7. The Morgan fingerprint density at radius 3 is 1.90 bits per heavy atom. The van der Waals surface area contributed by atoms with E-state index in [0.717, 1.165) is 41.4 Å². The molecule has 0 heterocycles. The molecule has 0 aromatic heterocycles. The van der Waals surface area contributed by atoms with Gasteiger partial charge in [-0.3, -0.25) is 4.79 Å². The summed E-state index contributed by atoms with van der Waals surface area (Å²) in [6.07, 6.45) is 3.41. The largest absolute Gasteiger partial charge is 0.466 e. The van der Waals surface area contributed by atoms with Gasteiger partial charge in [0, 0.05) is 6.42 Å². The van der Waals surface area contributed by atoms with Crippen molar-refractivity contribution in [2.75, 3.05) is 6.61 Å². The number of carbonyl (C=O) groups excluding carboxylic acids is 2. The van der Waals surface area contributed by atoms with Gasteiger partial charge in [-0.15, -0.1) is 0 Å². The maximum absolute atomic E-state index is 11.9. The summed E-state index contributed by atoms with van der Waals surface area (Å²) in [4.78, 5) is 22.9. The predicted molar refractivity (Wildman–Crippen MR) is 84.8 cm³/mol. The fraction of sp³-hybridized carbons (Fsp3) is 0.556. The molecule has 0 atom stereocenters. The zero-order valence-corrected chi connectivity index (χ0v) is 13.8. The molecule has 0 N–H and O–H groups in total. The van der Waals surface area contributed by atoms with Gasteiger partial charge in [0.25, 0.3) is 0 Å². The Morgan fingerprint density at radius 2 is 1.48 bits per heavy atom. The van der Waals surface area contributed by atoms with Gasteiger partial charge in [-0.2, -0.15) is 0 Å². The van der Waals surface area contributed by atoms with Crippen LogP contribution in [0, 0.1) is 13.8 Å². The molecule has 0 bridgehead atoms. The minimum absolute atomic E-state index is 0.224. The van der Waals surface area contributed by atoms with E-state index in [2.05, 4.69) is 27.7 Å². The standard InChI is InChI=1S/C18H26O3/c1-6-14-12(4)16(9-10-19)17(11-18(20)21-8-3)13(5)15(14)7-2/h10H,6-9,11H2,1-5H3. The van der Waals surface area contributed by atoms with Crippen LogP contribution in [0.1, 0.15) is 54.2 Å². The fourth-order valence-corrected chi connectivity index (χ4v) is 3.18. The summed E-state index contributed by atoms with van der Waals surface area (Å²) in [7, 11) is 0. The van der Waals surface area contributed by atoms with Gasteiger partial charge in [0.05, 0.1) is 13.0 Å². The number of hydrogen-bond donors (Lipinski definition) is 0. The van der Waals surface area contributed by atoms with Crippen LogP contribution in [0.4, 0.5) is 0 Å². The van der Waals surface area contributed by atoms with Gasteiger partial charge in [-0.1, -0.05) is 13.8 Å². The minimum Gasteiger partial charge on any atom is -0.466 e. The second-order valence-electron chi connectivity index (χ2n) is 5.22. The first-order valence-electron chi connectivity index (χ1n) is 7.73. The van der Waals surface area contributed by atoms with Crippen LogP contribution in [0.5, 0.6) is 0 Å². The van der Waals surface area contributed by atoms with Gasteiger partial charge in [0.1, 0.15) is 6.29 Å². The van der Waals surface area contributed by atoms with Crippen LogP contribution in [-0.4, -0.2) is 18.9 Å². The molecule has 1 rings (SSSR count). The highest BCUT2D eigenvalue weighted by Gasteiger charge is 2.19. The van der Waals surface area contributed by atoms with E-state index in [9.17, 15) is 9.59 Å². The van der Waals surface area contributed by atoms with E-state index in [0.29, 0.717) is 13.0 Å². The molecule has 0 amide bonds. The highest BCUT2D eigenvalue weighted by molar-refractivity contribution is 5.75. The lowest BCUT2D eigenvalue weighted by atomic mass is 9.83. The van der Waals surface area contributed by atoms with Crippen LogP contribution < -0.4 is 0 Å². The van der Waals surface area contributed by atoms with Gasteiger partial charge >= 0.3 is 5.97 Å². The third-order valence-corrected chi connectivity index (χ3v) is 4.16. The summed E-state index contributed by atoms with van der Waals surface area (Å²) in [6.45, 7) is 10.6. The maximum atomic E-state index is 11.9. The van der Waals surface area contributed by atoms with E-state index >= 15 is 0 Å². The summed E-state index contributed by atoms with van der Waals surface area (Å²) in [5.74, 6) is -0.224. The lowest BCUT2D eigenvalue weighted by Gasteiger charge is -2.22. The topological polar surface area (TPSA) is 43.4 Å². The molecular formula is C18H26O3. The molecule has 0 radical (unpaired) electrons. The van der Waals surface area contributed by atoms with Crippen molar-refractivity contribution >= 4 is 12.3 Å². The number of aldehydes is 1. The Kier molecular flexibility index (Phi) is 6.60. The van der Waals surface area contributed by atoms with E-state index in [1.54, 1.807) is 6.92 Å². The molecule has 3 heteroatoms. The molecule has 0 aliphatic rings. The third kappa shape index (κ3) is 3.72. The molecule has 21 heavy (non-hydrogen) atoms. The predicted octanol–water partition coefficient (Wildman–Crippen LogP) is 3.28. The van der Waals surface area contributed by atoms with Crippen molar-refractivity contribution < 1.29 is 14.3 Å². The Hall–Kier alpha value is -1.64. The van der Waals surface area contributed by atoms with Crippen LogP contribution in [0.25, 0.3) is 0 Å². The zero-order valence-electron chi connectivity index (χ0n) is 13.8. The van der Waals surface area contributed by atoms with Crippen molar-refractivity contribution in [1.29, 1.82) is 0 Å². The summed E-state index contributed by atoms with van der Waals surface area (Å²) >= 11 is 0. The Morgan fingerprint density at radius 1 is 0.952 bits per heavy atom. The maximum Gasteiger partial charge on any atom is 0.310 e. The lowest BCUT2D eigenvalue weighted by molar-refractivity contribution is -0.142. The van der Waals surface area contributed by atoms with Crippen molar-refractivity contribution in [3.63, 3.8) is 0 Å². The van der Waals surface area contributed by atoms with E-state index < -0.39 is 0 Å². The minimum atomic E-state index is -0.224. The normalized spacial score (nSPS) is 10.5. The molecular weight excluding hydrogens is 264 g/mol. The van der Waals surface area contributed by atoms with Crippen molar-refractivity contribution in [2.24, 2.45) is 0 Å². The number of hydrogen-bond acceptors (Lipinski definition) is 3. The van der Waals surface area contributed by atoms with Gasteiger partial charge < -0.3 is 9.53 Å². The highest BCUT2D eigenvalue weighted by atomic mass is 16.5. The van der Waals surface area contributed by atoms with Crippen LogP contribution in [0.3, 0.4) is 0 Å². The molecule has 0 aliphatic carbocycles. The third-order valence-electron chi connectivity index (χ3n) is 4.16.